The first-order chi connectivity index (χ1) is 10.1. The second-order valence-electron chi connectivity index (χ2n) is 5.56. The molecule has 1 aromatic carbocycles. The van der Waals surface area contributed by atoms with Gasteiger partial charge in [-0.15, -0.1) is 0 Å². The lowest BCUT2D eigenvalue weighted by Crippen LogP contribution is -2.05. The van der Waals surface area contributed by atoms with Gasteiger partial charge in [0.2, 0.25) is 0 Å². The van der Waals surface area contributed by atoms with Crippen molar-refractivity contribution in [3.05, 3.63) is 53.0 Å². The van der Waals surface area contributed by atoms with Crippen LogP contribution in [-0.4, -0.2) is 14.5 Å². The highest BCUT2D eigenvalue weighted by atomic mass is 15.1. The highest BCUT2D eigenvalue weighted by molar-refractivity contribution is 5.90. The van der Waals surface area contributed by atoms with E-state index >= 15 is 0 Å². The number of fused-ring (bicyclic) bond motifs is 1. The molecular formula is C17H20N4. The summed E-state index contributed by atoms with van der Waals surface area (Å²) in [5, 5.41) is 0.985. The van der Waals surface area contributed by atoms with Crippen LogP contribution in [0, 0.1) is 20.8 Å². The molecule has 0 amide bonds. The fraction of sp³-hybridized carbons (Fsp3) is 0.294. The number of aryl methyl sites for hydroxylation is 4. The Bertz CT molecular complexity index is 802. The van der Waals surface area contributed by atoms with Gasteiger partial charge < -0.3 is 10.3 Å². The van der Waals surface area contributed by atoms with E-state index in [1.165, 1.54) is 22.4 Å². The SMILES string of the molecule is Cc1cccc(CCn2c(C)c(C)c3c(N)ncnc32)c1. The summed E-state index contributed by atoms with van der Waals surface area (Å²) in [4.78, 5) is 8.53. The van der Waals surface area contributed by atoms with Gasteiger partial charge in [-0.1, -0.05) is 29.8 Å². The molecule has 0 saturated carbocycles. The van der Waals surface area contributed by atoms with E-state index in [4.69, 9.17) is 5.73 Å². The number of nitrogen functional groups attached to an aromatic ring is 1. The second kappa shape index (κ2) is 5.20. The third kappa shape index (κ3) is 2.37. The van der Waals surface area contributed by atoms with E-state index in [9.17, 15) is 0 Å². The maximum Gasteiger partial charge on any atom is 0.145 e. The van der Waals surface area contributed by atoms with Crippen LogP contribution in [0.25, 0.3) is 11.0 Å². The van der Waals surface area contributed by atoms with Crippen molar-refractivity contribution in [1.29, 1.82) is 0 Å². The third-order valence-corrected chi connectivity index (χ3v) is 4.14. The van der Waals surface area contributed by atoms with Crippen LogP contribution in [0.2, 0.25) is 0 Å². The van der Waals surface area contributed by atoms with Crippen molar-refractivity contribution in [2.24, 2.45) is 0 Å². The molecule has 21 heavy (non-hydrogen) atoms. The molecule has 0 aliphatic heterocycles. The predicted molar refractivity (Wildman–Crippen MR) is 86.3 cm³/mol. The van der Waals surface area contributed by atoms with E-state index in [1.807, 2.05) is 0 Å². The van der Waals surface area contributed by atoms with Gasteiger partial charge in [0.15, 0.2) is 0 Å². The largest absolute Gasteiger partial charge is 0.383 e. The lowest BCUT2D eigenvalue weighted by Gasteiger charge is -2.08. The Balaban J connectivity index is 1.98. The molecule has 2 aromatic heterocycles. The average molecular weight is 280 g/mol. The summed E-state index contributed by atoms with van der Waals surface area (Å²) < 4.78 is 2.24. The number of aromatic nitrogens is 3. The predicted octanol–water partition coefficient (Wildman–Crippen LogP) is 3.18. The molecule has 4 nitrogen and oxygen atoms in total. The Morgan fingerprint density at radius 1 is 1.14 bits per heavy atom. The zero-order valence-corrected chi connectivity index (χ0v) is 12.7. The van der Waals surface area contributed by atoms with Crippen molar-refractivity contribution in [3.63, 3.8) is 0 Å². The number of hydrogen-bond acceptors (Lipinski definition) is 3. The van der Waals surface area contributed by atoms with E-state index in [0.717, 1.165) is 24.0 Å². The molecule has 3 aromatic rings. The zero-order valence-electron chi connectivity index (χ0n) is 12.7. The molecule has 0 fully saturated rings. The van der Waals surface area contributed by atoms with Crippen molar-refractivity contribution >= 4 is 16.9 Å². The number of nitrogens with two attached hydrogens (primary N) is 1. The lowest BCUT2D eigenvalue weighted by molar-refractivity contribution is 0.694. The van der Waals surface area contributed by atoms with Crippen molar-refractivity contribution in [2.45, 2.75) is 33.7 Å². The van der Waals surface area contributed by atoms with Crippen LogP contribution in [0.15, 0.2) is 30.6 Å². The first kappa shape index (κ1) is 13.6. The maximum absolute atomic E-state index is 6.00. The van der Waals surface area contributed by atoms with Gasteiger partial charge >= 0.3 is 0 Å². The molecule has 2 N–H and O–H groups in total. The zero-order chi connectivity index (χ0) is 15.0. The highest BCUT2D eigenvalue weighted by Crippen LogP contribution is 2.27. The minimum Gasteiger partial charge on any atom is -0.383 e. The van der Waals surface area contributed by atoms with Gasteiger partial charge in [0.25, 0.3) is 0 Å². The number of anilines is 1. The van der Waals surface area contributed by atoms with Gasteiger partial charge in [-0.3, -0.25) is 0 Å². The molecule has 0 saturated heterocycles. The van der Waals surface area contributed by atoms with Crippen LogP contribution in [0.5, 0.6) is 0 Å². The summed E-state index contributed by atoms with van der Waals surface area (Å²) in [5.74, 6) is 0.565. The van der Waals surface area contributed by atoms with Crippen LogP contribution in [0.4, 0.5) is 5.82 Å². The average Bonchev–Trinajstić information content (AvgIpc) is 2.70. The van der Waals surface area contributed by atoms with Gasteiger partial charge in [0.05, 0.1) is 5.39 Å². The number of benzene rings is 1. The summed E-state index contributed by atoms with van der Waals surface area (Å²) in [6, 6.07) is 8.63. The molecule has 0 atom stereocenters. The molecule has 3 rings (SSSR count). The smallest absolute Gasteiger partial charge is 0.145 e. The summed E-state index contributed by atoms with van der Waals surface area (Å²) in [6.07, 6.45) is 2.52. The van der Waals surface area contributed by atoms with E-state index in [2.05, 4.69) is 59.6 Å². The Morgan fingerprint density at radius 3 is 2.71 bits per heavy atom. The fourth-order valence-corrected chi connectivity index (χ4v) is 2.88. The minimum absolute atomic E-state index is 0.565. The fourth-order valence-electron chi connectivity index (χ4n) is 2.88. The Kier molecular flexibility index (Phi) is 3.37. The van der Waals surface area contributed by atoms with Gasteiger partial charge in [-0.2, -0.15) is 0 Å². The monoisotopic (exact) mass is 280 g/mol. The van der Waals surface area contributed by atoms with Gasteiger partial charge in [-0.25, -0.2) is 9.97 Å². The van der Waals surface area contributed by atoms with Gasteiger partial charge in [-0.05, 0) is 38.3 Å². The molecule has 0 aliphatic rings. The molecule has 108 valence electrons. The van der Waals surface area contributed by atoms with Crippen LogP contribution in [-0.2, 0) is 13.0 Å². The summed E-state index contributed by atoms with van der Waals surface area (Å²) in [7, 11) is 0. The number of rotatable bonds is 3. The van der Waals surface area contributed by atoms with E-state index in [0.29, 0.717) is 5.82 Å². The van der Waals surface area contributed by atoms with Crippen molar-refractivity contribution < 1.29 is 0 Å². The molecule has 0 bridgehead atoms. The maximum atomic E-state index is 6.00. The van der Waals surface area contributed by atoms with E-state index < -0.39 is 0 Å². The Hall–Kier alpha value is -2.36. The summed E-state index contributed by atoms with van der Waals surface area (Å²) >= 11 is 0. The third-order valence-electron chi connectivity index (χ3n) is 4.14. The Labute approximate surface area is 124 Å². The highest BCUT2D eigenvalue weighted by Gasteiger charge is 2.14. The van der Waals surface area contributed by atoms with E-state index in [-0.39, 0.29) is 0 Å². The van der Waals surface area contributed by atoms with Crippen molar-refractivity contribution in [1.82, 2.24) is 14.5 Å². The van der Waals surface area contributed by atoms with Crippen LogP contribution >= 0.6 is 0 Å². The standard InChI is InChI=1S/C17H20N4/c1-11-5-4-6-14(9-11)7-8-21-13(3)12(2)15-16(18)19-10-20-17(15)21/h4-6,9-10H,7-8H2,1-3H3,(H2,18,19,20). The van der Waals surface area contributed by atoms with Gasteiger partial charge in [0.1, 0.15) is 17.8 Å². The molecule has 0 aliphatic carbocycles. The Morgan fingerprint density at radius 2 is 1.95 bits per heavy atom. The minimum atomic E-state index is 0.565. The lowest BCUT2D eigenvalue weighted by atomic mass is 10.1. The summed E-state index contributed by atoms with van der Waals surface area (Å²) in [6.45, 7) is 7.22. The second-order valence-corrected chi connectivity index (χ2v) is 5.56. The molecule has 2 heterocycles. The molecule has 0 radical (unpaired) electrons. The number of hydrogen-bond donors (Lipinski definition) is 1. The molecule has 0 spiro atoms. The summed E-state index contributed by atoms with van der Waals surface area (Å²) in [5.41, 5.74) is 12.0. The molecule has 0 unspecified atom stereocenters. The van der Waals surface area contributed by atoms with Crippen molar-refractivity contribution in [2.75, 3.05) is 5.73 Å². The van der Waals surface area contributed by atoms with Crippen LogP contribution < -0.4 is 5.73 Å². The molecular weight excluding hydrogens is 260 g/mol. The van der Waals surface area contributed by atoms with Gasteiger partial charge in [0, 0.05) is 12.2 Å². The van der Waals surface area contributed by atoms with Crippen molar-refractivity contribution in [3.8, 4) is 0 Å². The normalized spacial score (nSPS) is 11.2. The first-order valence-electron chi connectivity index (χ1n) is 7.19. The topological polar surface area (TPSA) is 56.7 Å². The first-order valence-corrected chi connectivity index (χ1v) is 7.19. The van der Waals surface area contributed by atoms with E-state index in [1.54, 1.807) is 6.33 Å². The quantitative estimate of drug-likeness (QED) is 0.801. The van der Waals surface area contributed by atoms with Crippen LogP contribution in [0.1, 0.15) is 22.4 Å². The van der Waals surface area contributed by atoms with Crippen LogP contribution in [0.3, 0.4) is 0 Å². The number of nitrogens with zero attached hydrogens (tertiary/aromatic N) is 3. The molecule has 4 heteroatoms.